The molecule has 0 aliphatic carbocycles. The van der Waals surface area contributed by atoms with Crippen LogP contribution in [0.5, 0.6) is 0 Å². The van der Waals surface area contributed by atoms with Crippen molar-refractivity contribution in [2.75, 3.05) is 18.8 Å². The molecule has 2 aromatic rings. The maximum absolute atomic E-state index is 12.4. The van der Waals surface area contributed by atoms with Crippen LogP contribution in [0.25, 0.3) is 5.69 Å². The molecular weight excluding hydrogens is 320 g/mol. The van der Waals surface area contributed by atoms with Crippen molar-refractivity contribution in [3.05, 3.63) is 57.4 Å². The third kappa shape index (κ3) is 2.53. The van der Waals surface area contributed by atoms with Crippen molar-refractivity contribution in [3.63, 3.8) is 0 Å². The lowest BCUT2D eigenvalue weighted by atomic mass is 9.91. The van der Waals surface area contributed by atoms with E-state index in [4.69, 9.17) is 5.73 Å². The summed E-state index contributed by atoms with van der Waals surface area (Å²) in [4.78, 5) is 36.0. The number of benzene rings is 1. The van der Waals surface area contributed by atoms with Gasteiger partial charge in [0.1, 0.15) is 5.82 Å². The molecule has 0 bridgehead atoms. The number of nitrogen functional groups attached to an aromatic ring is 1. The summed E-state index contributed by atoms with van der Waals surface area (Å²) in [5.41, 5.74) is 7.48. The van der Waals surface area contributed by atoms with Crippen LogP contribution < -0.4 is 21.9 Å². The molecule has 4 rings (SSSR count). The number of piperidine rings is 1. The summed E-state index contributed by atoms with van der Waals surface area (Å²) in [6.07, 6.45) is 2.28. The molecule has 1 aromatic carbocycles. The lowest BCUT2D eigenvalue weighted by Gasteiger charge is -2.23. The van der Waals surface area contributed by atoms with Gasteiger partial charge >= 0.3 is 0 Å². The lowest BCUT2D eigenvalue weighted by Crippen LogP contribution is -2.28. The Morgan fingerprint density at radius 2 is 1.84 bits per heavy atom. The minimum absolute atomic E-state index is 0.0158. The maximum atomic E-state index is 12.4. The van der Waals surface area contributed by atoms with Gasteiger partial charge < -0.3 is 11.1 Å². The number of aromatic nitrogens is 1. The number of nitrogens with one attached hydrogen (secondary N) is 2. The highest BCUT2D eigenvalue weighted by atomic mass is 16.2. The van der Waals surface area contributed by atoms with Crippen molar-refractivity contribution in [1.82, 2.24) is 15.2 Å². The summed E-state index contributed by atoms with van der Waals surface area (Å²) >= 11 is 0. The zero-order valence-corrected chi connectivity index (χ0v) is 13.5. The summed E-state index contributed by atoms with van der Waals surface area (Å²) in [6.45, 7) is 2.00. The van der Waals surface area contributed by atoms with Gasteiger partial charge in [0.05, 0.1) is 16.8 Å². The van der Waals surface area contributed by atoms with Crippen LogP contribution in [-0.4, -0.2) is 29.5 Å². The third-order valence-corrected chi connectivity index (χ3v) is 4.87. The SMILES string of the molecule is Nc1c2c(cc(=O)n1-c1ccc(C3CCCNC3)cc1)C(=O)NC2=O. The van der Waals surface area contributed by atoms with Crippen LogP contribution in [0.2, 0.25) is 0 Å². The Kier molecular flexibility index (Phi) is 3.65. The van der Waals surface area contributed by atoms with Crippen molar-refractivity contribution in [1.29, 1.82) is 0 Å². The Morgan fingerprint density at radius 3 is 2.52 bits per heavy atom. The molecule has 0 radical (unpaired) electrons. The molecule has 4 N–H and O–H groups in total. The molecule has 2 aliphatic rings. The van der Waals surface area contributed by atoms with E-state index in [-0.39, 0.29) is 16.9 Å². The van der Waals surface area contributed by atoms with Crippen molar-refractivity contribution in [3.8, 4) is 5.69 Å². The number of rotatable bonds is 2. The number of hydrogen-bond donors (Lipinski definition) is 3. The van der Waals surface area contributed by atoms with Crippen LogP contribution in [0.4, 0.5) is 5.82 Å². The third-order valence-electron chi connectivity index (χ3n) is 4.87. The number of carbonyl (C=O) groups is 2. The molecule has 128 valence electrons. The normalized spacial score (nSPS) is 19.6. The first-order valence-electron chi connectivity index (χ1n) is 8.28. The van der Waals surface area contributed by atoms with Crippen molar-refractivity contribution in [2.45, 2.75) is 18.8 Å². The number of pyridine rings is 1. The van der Waals surface area contributed by atoms with E-state index in [1.54, 1.807) is 0 Å². The van der Waals surface area contributed by atoms with E-state index in [0.717, 1.165) is 32.0 Å². The number of amides is 2. The molecule has 2 amide bonds. The smallest absolute Gasteiger partial charge is 0.262 e. The quantitative estimate of drug-likeness (QED) is 0.701. The molecule has 2 aliphatic heterocycles. The topological polar surface area (TPSA) is 106 Å². The fourth-order valence-electron chi connectivity index (χ4n) is 3.58. The second-order valence-corrected chi connectivity index (χ2v) is 6.41. The van der Waals surface area contributed by atoms with E-state index in [1.165, 1.54) is 10.1 Å². The second kappa shape index (κ2) is 5.86. The number of fused-ring (bicyclic) bond motifs is 1. The summed E-state index contributed by atoms with van der Waals surface area (Å²) in [6, 6.07) is 8.77. The molecule has 7 nitrogen and oxygen atoms in total. The van der Waals surface area contributed by atoms with Gasteiger partial charge in [-0.2, -0.15) is 0 Å². The predicted molar refractivity (Wildman–Crippen MR) is 93.1 cm³/mol. The molecule has 1 fully saturated rings. The van der Waals surface area contributed by atoms with Gasteiger partial charge in [-0.15, -0.1) is 0 Å². The largest absolute Gasteiger partial charge is 0.384 e. The molecular formula is C18H18N4O3. The lowest BCUT2D eigenvalue weighted by molar-refractivity contribution is 0.0880. The summed E-state index contributed by atoms with van der Waals surface area (Å²) < 4.78 is 1.26. The van der Waals surface area contributed by atoms with E-state index in [2.05, 4.69) is 10.6 Å². The van der Waals surface area contributed by atoms with Crippen LogP contribution in [-0.2, 0) is 0 Å². The van der Waals surface area contributed by atoms with Gasteiger partial charge in [-0.05, 0) is 43.0 Å². The van der Waals surface area contributed by atoms with Crippen molar-refractivity contribution < 1.29 is 9.59 Å². The van der Waals surface area contributed by atoms with E-state index in [1.807, 2.05) is 24.3 Å². The Labute approximate surface area is 143 Å². The molecule has 0 spiro atoms. The molecule has 0 saturated carbocycles. The minimum Gasteiger partial charge on any atom is -0.384 e. The summed E-state index contributed by atoms with van der Waals surface area (Å²) in [7, 11) is 0. The van der Waals surface area contributed by atoms with E-state index in [0.29, 0.717) is 11.6 Å². The average Bonchev–Trinajstić information content (AvgIpc) is 2.90. The summed E-state index contributed by atoms with van der Waals surface area (Å²) in [5, 5.41) is 5.55. The highest BCUT2D eigenvalue weighted by molar-refractivity contribution is 6.23. The van der Waals surface area contributed by atoms with Crippen LogP contribution in [0, 0.1) is 0 Å². The first-order chi connectivity index (χ1) is 12.1. The van der Waals surface area contributed by atoms with Crippen LogP contribution in [0.15, 0.2) is 35.1 Å². The van der Waals surface area contributed by atoms with Crippen LogP contribution >= 0.6 is 0 Å². The first kappa shape index (κ1) is 15.6. The van der Waals surface area contributed by atoms with Gasteiger partial charge in [0.25, 0.3) is 17.4 Å². The van der Waals surface area contributed by atoms with Crippen molar-refractivity contribution in [2.24, 2.45) is 0 Å². The van der Waals surface area contributed by atoms with Gasteiger partial charge in [-0.25, -0.2) is 0 Å². The maximum Gasteiger partial charge on any atom is 0.262 e. The number of nitrogens with zero attached hydrogens (tertiary/aromatic N) is 1. The number of hydrogen-bond acceptors (Lipinski definition) is 5. The minimum atomic E-state index is -0.587. The number of imide groups is 1. The zero-order chi connectivity index (χ0) is 17.6. The fourth-order valence-corrected chi connectivity index (χ4v) is 3.58. The van der Waals surface area contributed by atoms with Gasteiger partial charge in [0.2, 0.25) is 0 Å². The molecule has 1 aromatic heterocycles. The molecule has 3 heterocycles. The van der Waals surface area contributed by atoms with Gasteiger partial charge in [-0.1, -0.05) is 12.1 Å². The van der Waals surface area contributed by atoms with Gasteiger partial charge in [0.15, 0.2) is 0 Å². The van der Waals surface area contributed by atoms with E-state index < -0.39 is 17.4 Å². The zero-order valence-electron chi connectivity index (χ0n) is 13.5. The van der Waals surface area contributed by atoms with Crippen molar-refractivity contribution >= 4 is 17.6 Å². The molecule has 25 heavy (non-hydrogen) atoms. The standard InChI is InChI=1S/C18H18N4O3/c19-16-15-13(17(24)21-18(15)25)8-14(23)22(16)12-5-3-10(4-6-12)11-2-1-7-20-9-11/h3-6,8,11,20H,1-2,7,9,19H2,(H,21,24,25). The second-order valence-electron chi connectivity index (χ2n) is 6.41. The average molecular weight is 338 g/mol. The highest BCUT2D eigenvalue weighted by Gasteiger charge is 2.31. The Morgan fingerprint density at radius 1 is 1.08 bits per heavy atom. The number of nitrogens with two attached hydrogens (primary N) is 1. The Hall–Kier alpha value is -2.93. The molecule has 7 heteroatoms. The van der Waals surface area contributed by atoms with Crippen LogP contribution in [0.1, 0.15) is 45.0 Å². The number of carbonyl (C=O) groups excluding carboxylic acids is 2. The molecule has 1 atom stereocenters. The molecule has 1 unspecified atom stereocenters. The van der Waals surface area contributed by atoms with Crippen LogP contribution in [0.3, 0.4) is 0 Å². The first-order valence-corrected chi connectivity index (χ1v) is 8.28. The Bertz CT molecular complexity index is 925. The summed E-state index contributed by atoms with van der Waals surface area (Å²) in [5.74, 6) is -0.717. The number of anilines is 1. The van der Waals surface area contributed by atoms with E-state index in [9.17, 15) is 14.4 Å². The van der Waals surface area contributed by atoms with E-state index >= 15 is 0 Å². The van der Waals surface area contributed by atoms with Gasteiger partial charge in [0, 0.05) is 12.6 Å². The molecule has 1 saturated heterocycles. The Balaban J connectivity index is 1.75. The fraction of sp³-hybridized carbons (Fsp3) is 0.278. The monoisotopic (exact) mass is 338 g/mol. The predicted octanol–water partition coefficient (Wildman–Crippen LogP) is 0.770. The highest BCUT2D eigenvalue weighted by Crippen LogP contribution is 2.26. The van der Waals surface area contributed by atoms with Gasteiger partial charge in [-0.3, -0.25) is 24.3 Å².